The van der Waals surface area contributed by atoms with Crippen molar-refractivity contribution in [2.24, 2.45) is 0 Å². The minimum Gasteiger partial charge on any atom is -0.491 e. The Labute approximate surface area is 157 Å². The lowest BCUT2D eigenvalue weighted by atomic mass is 9.80. The third-order valence-electron chi connectivity index (χ3n) is 4.94. The van der Waals surface area contributed by atoms with Crippen molar-refractivity contribution in [2.75, 3.05) is 6.61 Å². The molecule has 1 aromatic heterocycles. The molecule has 0 bridgehead atoms. The minimum absolute atomic E-state index is 0.241. The van der Waals surface area contributed by atoms with Gasteiger partial charge in [-0.2, -0.15) is 0 Å². The van der Waals surface area contributed by atoms with E-state index in [1.807, 2.05) is 30.3 Å². The van der Waals surface area contributed by atoms with Crippen LogP contribution in [-0.2, 0) is 5.54 Å². The molecule has 0 radical (unpaired) electrons. The maximum atomic E-state index is 14.4. The van der Waals surface area contributed by atoms with Crippen LogP contribution in [0, 0.1) is 12.7 Å². The number of aryl methyl sites for hydroxylation is 1. The normalized spacial score (nSPS) is 18.3. The number of nitrogens with zero attached hydrogens (tertiary/aromatic N) is 1. The molecule has 0 fully saturated rings. The van der Waals surface area contributed by atoms with Gasteiger partial charge >= 0.3 is 0 Å². The number of hydrogen-bond acceptors (Lipinski definition) is 3. The van der Waals surface area contributed by atoms with Gasteiger partial charge in [0.1, 0.15) is 22.8 Å². The number of pyridine rings is 1. The monoisotopic (exact) mass is 362 g/mol. The van der Waals surface area contributed by atoms with Gasteiger partial charge in [0.2, 0.25) is 0 Å². The quantitative estimate of drug-likeness (QED) is 0.767. The molecular weight excluding hydrogens is 343 g/mol. The summed E-state index contributed by atoms with van der Waals surface area (Å²) in [6, 6.07) is 17.6. The summed E-state index contributed by atoms with van der Waals surface area (Å²) >= 11 is 0. The van der Waals surface area contributed by atoms with Gasteiger partial charge in [-0.3, -0.25) is 9.78 Å². The highest BCUT2D eigenvalue weighted by Gasteiger charge is 2.42. The van der Waals surface area contributed by atoms with E-state index < -0.39 is 5.54 Å². The topological polar surface area (TPSA) is 51.2 Å². The molecule has 1 aliphatic heterocycles. The summed E-state index contributed by atoms with van der Waals surface area (Å²) < 4.78 is 20.1. The van der Waals surface area contributed by atoms with Crippen molar-refractivity contribution in [3.05, 3.63) is 95.1 Å². The number of benzene rings is 2. The highest BCUT2D eigenvalue weighted by Crippen LogP contribution is 2.41. The molecule has 4 nitrogen and oxygen atoms in total. The summed E-state index contributed by atoms with van der Waals surface area (Å²) in [6.45, 7) is 2.10. The summed E-state index contributed by atoms with van der Waals surface area (Å²) in [5.74, 6) is 0.0398. The van der Waals surface area contributed by atoms with Crippen molar-refractivity contribution in [1.29, 1.82) is 0 Å². The van der Waals surface area contributed by atoms with Crippen LogP contribution >= 0.6 is 0 Å². The van der Waals surface area contributed by atoms with Crippen LogP contribution in [0.2, 0.25) is 0 Å². The zero-order valence-electron chi connectivity index (χ0n) is 14.9. The van der Waals surface area contributed by atoms with Crippen LogP contribution in [0.25, 0.3) is 0 Å². The lowest BCUT2D eigenvalue weighted by Crippen LogP contribution is -2.50. The first-order chi connectivity index (χ1) is 13.1. The number of amides is 1. The number of hydrogen-bond donors (Lipinski definition) is 1. The van der Waals surface area contributed by atoms with Crippen molar-refractivity contribution in [3.63, 3.8) is 0 Å². The van der Waals surface area contributed by atoms with Gasteiger partial charge in [-0.15, -0.1) is 0 Å². The van der Waals surface area contributed by atoms with Gasteiger partial charge in [0, 0.05) is 18.2 Å². The van der Waals surface area contributed by atoms with Gasteiger partial charge in [0.15, 0.2) is 0 Å². The fourth-order valence-electron chi connectivity index (χ4n) is 3.45. The van der Waals surface area contributed by atoms with Crippen LogP contribution in [0.15, 0.2) is 66.9 Å². The van der Waals surface area contributed by atoms with Crippen LogP contribution in [0.1, 0.15) is 33.6 Å². The standard InChI is InChI=1S/C22H19FN2O2/c1-15-9-10-17(14-18(15)23)22(25-21(26)16-6-3-2-4-7-16)11-13-27-19-8-5-12-24-20(19)22/h2-10,12,14H,11,13H2,1H3,(H,25,26)/t22-/m0/s1. The van der Waals surface area contributed by atoms with Crippen LogP contribution < -0.4 is 10.1 Å². The number of carbonyl (C=O) groups is 1. The average molecular weight is 362 g/mol. The second kappa shape index (κ2) is 6.83. The Bertz CT molecular complexity index is 991. The van der Waals surface area contributed by atoms with Gasteiger partial charge < -0.3 is 10.1 Å². The van der Waals surface area contributed by atoms with Gasteiger partial charge in [-0.25, -0.2) is 4.39 Å². The molecule has 1 amide bonds. The molecule has 1 atom stereocenters. The van der Waals surface area contributed by atoms with Crippen LogP contribution in [-0.4, -0.2) is 17.5 Å². The third-order valence-corrected chi connectivity index (χ3v) is 4.94. The van der Waals surface area contributed by atoms with E-state index in [0.717, 1.165) is 0 Å². The maximum Gasteiger partial charge on any atom is 0.252 e. The fraction of sp³-hybridized carbons (Fsp3) is 0.182. The largest absolute Gasteiger partial charge is 0.491 e. The van der Waals surface area contributed by atoms with Crippen molar-refractivity contribution in [3.8, 4) is 5.75 Å². The summed E-state index contributed by atoms with van der Waals surface area (Å²) in [5, 5.41) is 3.12. The first-order valence-electron chi connectivity index (χ1n) is 8.83. The molecule has 0 spiro atoms. The fourth-order valence-corrected chi connectivity index (χ4v) is 3.45. The molecule has 0 saturated heterocycles. The average Bonchev–Trinajstić information content (AvgIpc) is 2.71. The van der Waals surface area contributed by atoms with E-state index in [0.29, 0.717) is 41.2 Å². The highest BCUT2D eigenvalue weighted by molar-refractivity contribution is 5.95. The second-order valence-electron chi connectivity index (χ2n) is 6.64. The molecule has 0 unspecified atom stereocenters. The molecule has 1 N–H and O–H groups in total. The predicted octanol–water partition coefficient (Wildman–Crippen LogP) is 3.99. The predicted molar refractivity (Wildman–Crippen MR) is 100 cm³/mol. The Morgan fingerprint density at radius 1 is 1.15 bits per heavy atom. The van der Waals surface area contributed by atoms with E-state index in [9.17, 15) is 9.18 Å². The lowest BCUT2D eigenvalue weighted by molar-refractivity contribution is 0.0883. The molecule has 0 saturated carbocycles. The van der Waals surface area contributed by atoms with E-state index in [2.05, 4.69) is 10.3 Å². The number of aromatic nitrogens is 1. The molecular formula is C22H19FN2O2. The third kappa shape index (κ3) is 3.05. The van der Waals surface area contributed by atoms with Gasteiger partial charge in [0.25, 0.3) is 5.91 Å². The van der Waals surface area contributed by atoms with E-state index in [1.54, 1.807) is 37.4 Å². The number of halogens is 1. The first kappa shape index (κ1) is 17.2. The molecule has 4 rings (SSSR count). The lowest BCUT2D eigenvalue weighted by Gasteiger charge is -2.39. The smallest absolute Gasteiger partial charge is 0.252 e. The summed E-state index contributed by atoms with van der Waals surface area (Å²) in [6.07, 6.45) is 2.11. The molecule has 5 heteroatoms. The summed E-state index contributed by atoms with van der Waals surface area (Å²) in [7, 11) is 0. The zero-order chi connectivity index (χ0) is 18.9. The molecule has 0 aliphatic carbocycles. The summed E-state index contributed by atoms with van der Waals surface area (Å²) in [4.78, 5) is 17.5. The Balaban J connectivity index is 1.86. The number of rotatable bonds is 3. The van der Waals surface area contributed by atoms with E-state index in [1.165, 1.54) is 6.07 Å². The van der Waals surface area contributed by atoms with E-state index in [4.69, 9.17) is 4.74 Å². The van der Waals surface area contributed by atoms with Gasteiger partial charge in [0.05, 0.1) is 6.61 Å². The molecule has 2 aromatic carbocycles. The highest BCUT2D eigenvalue weighted by atomic mass is 19.1. The summed E-state index contributed by atoms with van der Waals surface area (Å²) in [5.41, 5.74) is 1.36. The number of nitrogens with one attached hydrogen (secondary N) is 1. The van der Waals surface area contributed by atoms with Crippen LogP contribution in [0.3, 0.4) is 0 Å². The number of fused-ring (bicyclic) bond motifs is 1. The van der Waals surface area contributed by atoms with Crippen molar-refractivity contribution in [2.45, 2.75) is 18.9 Å². The maximum absolute atomic E-state index is 14.4. The van der Waals surface area contributed by atoms with Crippen LogP contribution in [0.4, 0.5) is 4.39 Å². The van der Waals surface area contributed by atoms with Crippen molar-refractivity contribution < 1.29 is 13.9 Å². The molecule has 136 valence electrons. The zero-order valence-corrected chi connectivity index (χ0v) is 14.9. The van der Waals surface area contributed by atoms with Crippen LogP contribution in [0.5, 0.6) is 5.75 Å². The van der Waals surface area contributed by atoms with Gasteiger partial charge in [-0.1, -0.05) is 30.3 Å². The minimum atomic E-state index is -0.962. The molecule has 1 aliphatic rings. The molecule has 2 heterocycles. The van der Waals surface area contributed by atoms with Gasteiger partial charge in [-0.05, 0) is 48.4 Å². The van der Waals surface area contributed by atoms with Crippen molar-refractivity contribution in [1.82, 2.24) is 10.3 Å². The Kier molecular flexibility index (Phi) is 4.36. The Morgan fingerprint density at radius 3 is 2.74 bits per heavy atom. The Hall–Kier alpha value is -3.21. The van der Waals surface area contributed by atoms with Crippen molar-refractivity contribution >= 4 is 5.91 Å². The molecule has 27 heavy (non-hydrogen) atoms. The number of ether oxygens (including phenoxy) is 1. The number of carbonyl (C=O) groups excluding carboxylic acids is 1. The van der Waals surface area contributed by atoms with E-state index >= 15 is 0 Å². The first-order valence-corrected chi connectivity index (χ1v) is 8.83. The SMILES string of the molecule is Cc1ccc([C@@]2(NC(=O)c3ccccc3)CCOc3cccnc32)cc1F. The Morgan fingerprint density at radius 2 is 1.96 bits per heavy atom. The van der Waals surface area contributed by atoms with E-state index in [-0.39, 0.29) is 11.7 Å². The molecule has 3 aromatic rings. The second-order valence-corrected chi connectivity index (χ2v) is 6.64.